The number of hydrogen-bond acceptors (Lipinski definition) is 4. The maximum atomic E-state index is 12.7. The molecule has 1 aliphatic rings. The summed E-state index contributed by atoms with van der Waals surface area (Å²) >= 11 is 0. The molecule has 4 nitrogen and oxygen atoms in total. The van der Waals surface area contributed by atoms with E-state index < -0.39 is 11.6 Å². The fraction of sp³-hybridized carbons (Fsp3) is 0.174. The van der Waals surface area contributed by atoms with Gasteiger partial charge in [-0.1, -0.05) is 78.9 Å². The fourth-order valence-electron chi connectivity index (χ4n) is 3.75. The Morgan fingerprint density at radius 1 is 0.889 bits per heavy atom. The molecular formula is C23H21NO3. The number of rotatable bonds is 5. The molecule has 0 aromatic heterocycles. The van der Waals surface area contributed by atoms with Gasteiger partial charge in [-0.25, -0.2) is 4.79 Å². The van der Waals surface area contributed by atoms with Gasteiger partial charge >= 0.3 is 5.97 Å². The Bertz CT molecular complexity index is 925. The molecule has 27 heavy (non-hydrogen) atoms. The Kier molecular flexibility index (Phi) is 4.52. The first-order valence-electron chi connectivity index (χ1n) is 8.98. The van der Waals surface area contributed by atoms with Crippen molar-refractivity contribution in [3.8, 4) is 11.1 Å². The molecule has 0 saturated carbocycles. The van der Waals surface area contributed by atoms with Gasteiger partial charge in [-0.15, -0.1) is 0 Å². The minimum absolute atomic E-state index is 0.0563. The third kappa shape index (κ3) is 2.93. The zero-order valence-corrected chi connectivity index (χ0v) is 14.8. The molecule has 0 amide bonds. The van der Waals surface area contributed by atoms with E-state index in [9.17, 15) is 9.90 Å². The number of carbonyl (C=O) groups excluding carboxylic acids is 1. The molecule has 136 valence electrons. The Labute approximate surface area is 158 Å². The number of benzene rings is 3. The van der Waals surface area contributed by atoms with Crippen molar-refractivity contribution in [2.45, 2.75) is 11.5 Å². The normalized spacial score (nSPS) is 14.9. The van der Waals surface area contributed by atoms with Crippen LogP contribution in [-0.4, -0.2) is 24.2 Å². The molecule has 0 aliphatic heterocycles. The summed E-state index contributed by atoms with van der Waals surface area (Å²) in [7, 11) is 0. The van der Waals surface area contributed by atoms with E-state index in [1.807, 2.05) is 30.3 Å². The highest BCUT2D eigenvalue weighted by atomic mass is 16.5. The predicted molar refractivity (Wildman–Crippen MR) is 104 cm³/mol. The molecule has 4 heteroatoms. The van der Waals surface area contributed by atoms with Gasteiger partial charge in [-0.05, 0) is 27.8 Å². The van der Waals surface area contributed by atoms with Crippen molar-refractivity contribution < 1.29 is 14.6 Å². The number of nitrogens with two attached hydrogens (primary N) is 1. The molecule has 0 heterocycles. The van der Waals surface area contributed by atoms with Crippen LogP contribution >= 0.6 is 0 Å². The first-order valence-corrected chi connectivity index (χ1v) is 8.98. The molecule has 3 aromatic rings. The van der Waals surface area contributed by atoms with Crippen LogP contribution in [0.4, 0.5) is 0 Å². The quantitative estimate of drug-likeness (QED) is 0.686. The van der Waals surface area contributed by atoms with Crippen LogP contribution in [0, 0.1) is 0 Å². The molecule has 3 aromatic carbocycles. The highest BCUT2D eigenvalue weighted by molar-refractivity contribution is 5.82. The predicted octanol–water partition coefficient (Wildman–Crippen LogP) is 3.19. The van der Waals surface area contributed by atoms with Gasteiger partial charge in [0.2, 0.25) is 0 Å². The van der Waals surface area contributed by atoms with E-state index in [0.717, 1.165) is 22.3 Å². The van der Waals surface area contributed by atoms with Gasteiger partial charge in [-0.2, -0.15) is 0 Å². The molecule has 0 spiro atoms. The van der Waals surface area contributed by atoms with Crippen molar-refractivity contribution >= 4 is 5.97 Å². The first-order chi connectivity index (χ1) is 13.1. The number of carbonyl (C=O) groups is 1. The lowest BCUT2D eigenvalue weighted by molar-refractivity contribution is -0.166. The third-order valence-corrected chi connectivity index (χ3v) is 5.23. The summed E-state index contributed by atoms with van der Waals surface area (Å²) < 4.78 is 5.58. The Balaban J connectivity index is 1.59. The molecule has 1 aliphatic carbocycles. The van der Waals surface area contributed by atoms with Gasteiger partial charge in [0.25, 0.3) is 0 Å². The summed E-state index contributed by atoms with van der Waals surface area (Å²) in [6.45, 7) is -0.0876. The van der Waals surface area contributed by atoms with E-state index in [1.165, 1.54) is 0 Å². The van der Waals surface area contributed by atoms with Gasteiger partial charge in [0.15, 0.2) is 5.60 Å². The summed E-state index contributed by atoms with van der Waals surface area (Å²) in [6.07, 6.45) is 0. The summed E-state index contributed by atoms with van der Waals surface area (Å²) in [4.78, 5) is 12.7. The second-order valence-corrected chi connectivity index (χ2v) is 6.76. The Morgan fingerprint density at radius 3 is 1.96 bits per heavy atom. The van der Waals surface area contributed by atoms with Crippen LogP contribution in [0.3, 0.4) is 0 Å². The van der Waals surface area contributed by atoms with Crippen LogP contribution in [0.15, 0.2) is 78.9 Å². The molecule has 0 radical (unpaired) electrons. The minimum atomic E-state index is -1.85. The van der Waals surface area contributed by atoms with Gasteiger partial charge in [0.05, 0.1) is 0 Å². The van der Waals surface area contributed by atoms with Crippen molar-refractivity contribution in [2.24, 2.45) is 5.73 Å². The minimum Gasteiger partial charge on any atom is -0.462 e. The van der Waals surface area contributed by atoms with Crippen LogP contribution in [0.25, 0.3) is 11.1 Å². The van der Waals surface area contributed by atoms with Gasteiger partial charge in [0.1, 0.15) is 6.61 Å². The molecule has 0 fully saturated rings. The maximum Gasteiger partial charge on any atom is 0.344 e. The van der Waals surface area contributed by atoms with Crippen molar-refractivity contribution in [1.29, 1.82) is 0 Å². The van der Waals surface area contributed by atoms with Crippen molar-refractivity contribution in [3.63, 3.8) is 0 Å². The highest BCUT2D eigenvalue weighted by Gasteiger charge is 2.39. The molecule has 0 unspecified atom stereocenters. The molecule has 0 saturated heterocycles. The zero-order valence-electron chi connectivity index (χ0n) is 14.8. The van der Waals surface area contributed by atoms with E-state index in [4.69, 9.17) is 10.5 Å². The summed E-state index contributed by atoms with van der Waals surface area (Å²) in [6, 6.07) is 24.9. The maximum absolute atomic E-state index is 12.7. The molecule has 4 rings (SSSR count). The largest absolute Gasteiger partial charge is 0.462 e. The van der Waals surface area contributed by atoms with E-state index >= 15 is 0 Å². The van der Waals surface area contributed by atoms with Gasteiger partial charge in [-0.3, -0.25) is 0 Å². The van der Waals surface area contributed by atoms with Crippen molar-refractivity contribution in [1.82, 2.24) is 0 Å². The number of aliphatic hydroxyl groups is 1. The second kappa shape index (κ2) is 6.99. The smallest absolute Gasteiger partial charge is 0.344 e. The first kappa shape index (κ1) is 17.5. The zero-order chi connectivity index (χ0) is 18.9. The van der Waals surface area contributed by atoms with E-state index in [0.29, 0.717) is 5.56 Å². The van der Waals surface area contributed by atoms with E-state index in [-0.39, 0.29) is 19.1 Å². The van der Waals surface area contributed by atoms with Crippen molar-refractivity contribution in [2.75, 3.05) is 13.2 Å². The van der Waals surface area contributed by atoms with Gasteiger partial charge in [0, 0.05) is 12.5 Å². The summed E-state index contributed by atoms with van der Waals surface area (Å²) in [5.74, 6) is -0.780. The van der Waals surface area contributed by atoms with Crippen LogP contribution in [0.5, 0.6) is 0 Å². The average Bonchev–Trinajstić information content (AvgIpc) is 3.06. The number of esters is 1. The highest BCUT2D eigenvalue weighted by Crippen LogP contribution is 2.44. The van der Waals surface area contributed by atoms with Crippen LogP contribution in [0.2, 0.25) is 0 Å². The Hall–Kier alpha value is -2.95. The van der Waals surface area contributed by atoms with Crippen LogP contribution in [0.1, 0.15) is 22.6 Å². The second-order valence-electron chi connectivity index (χ2n) is 6.76. The average molecular weight is 359 g/mol. The standard InChI is InChI=1S/C23H21NO3/c24-15-23(26,16-8-2-1-3-9-16)22(25)27-14-21-19-12-6-4-10-17(19)18-11-5-7-13-20(18)21/h1-13,21,26H,14-15,24H2/t23-/m1/s1. The summed E-state index contributed by atoms with van der Waals surface area (Å²) in [5.41, 5.74) is 8.88. The van der Waals surface area contributed by atoms with Crippen molar-refractivity contribution in [3.05, 3.63) is 95.6 Å². The topological polar surface area (TPSA) is 72.5 Å². The van der Waals surface area contributed by atoms with Crippen LogP contribution in [-0.2, 0) is 15.1 Å². The SMILES string of the molecule is NC[C@](O)(C(=O)OCC1c2ccccc2-c2ccccc21)c1ccccc1. The fourth-order valence-corrected chi connectivity index (χ4v) is 3.75. The van der Waals surface area contributed by atoms with E-state index in [2.05, 4.69) is 24.3 Å². The number of ether oxygens (including phenoxy) is 1. The van der Waals surface area contributed by atoms with Crippen LogP contribution < -0.4 is 5.73 Å². The van der Waals surface area contributed by atoms with E-state index in [1.54, 1.807) is 24.3 Å². The molecule has 1 atom stereocenters. The molecular weight excluding hydrogens is 338 g/mol. The van der Waals surface area contributed by atoms with Gasteiger partial charge < -0.3 is 15.6 Å². The molecule has 3 N–H and O–H groups in total. The molecule has 0 bridgehead atoms. The lowest BCUT2D eigenvalue weighted by atomic mass is 9.93. The number of hydrogen-bond donors (Lipinski definition) is 2. The lowest BCUT2D eigenvalue weighted by Gasteiger charge is -2.26. The monoisotopic (exact) mass is 359 g/mol. The third-order valence-electron chi connectivity index (χ3n) is 5.23. The Morgan fingerprint density at radius 2 is 1.41 bits per heavy atom. The lowest BCUT2D eigenvalue weighted by Crippen LogP contribution is -2.44. The summed E-state index contributed by atoms with van der Waals surface area (Å²) in [5, 5.41) is 10.8. The number of fused-ring (bicyclic) bond motifs is 3.